The summed E-state index contributed by atoms with van der Waals surface area (Å²) < 4.78 is 6.06. The SMILES string of the molecule is CCOC(=O)c1c(=O)n(/N=C\c2ccc(Cl)cc2)[nH][n+]1CC(=O)c1ccc(Cl)cc1. The molecule has 0 atom stereocenters. The lowest BCUT2D eigenvalue weighted by Gasteiger charge is -2.01. The number of H-pyrrole nitrogens is 1. The summed E-state index contributed by atoms with van der Waals surface area (Å²) in [6.45, 7) is 1.39. The fraction of sp³-hybridized carbons (Fsp3) is 0.150. The Labute approximate surface area is 181 Å². The monoisotopic (exact) mass is 447 g/mol. The van der Waals surface area contributed by atoms with Gasteiger partial charge in [-0.05, 0) is 48.9 Å². The molecule has 1 aromatic heterocycles. The summed E-state index contributed by atoms with van der Waals surface area (Å²) in [6.07, 6.45) is 1.41. The van der Waals surface area contributed by atoms with Crippen LogP contribution in [0.1, 0.15) is 33.3 Å². The minimum absolute atomic E-state index is 0.0721. The van der Waals surface area contributed by atoms with Crippen LogP contribution in [0.5, 0.6) is 0 Å². The number of nitrogens with zero attached hydrogens (tertiary/aromatic N) is 3. The first-order valence-electron chi connectivity index (χ1n) is 8.89. The number of rotatable bonds is 7. The van der Waals surface area contributed by atoms with Crippen molar-refractivity contribution in [2.45, 2.75) is 13.5 Å². The van der Waals surface area contributed by atoms with E-state index >= 15 is 0 Å². The van der Waals surface area contributed by atoms with Crippen molar-refractivity contribution in [2.75, 3.05) is 6.61 Å². The van der Waals surface area contributed by atoms with Crippen LogP contribution < -0.4 is 10.2 Å². The first-order valence-corrected chi connectivity index (χ1v) is 9.65. The van der Waals surface area contributed by atoms with E-state index in [4.69, 9.17) is 27.9 Å². The highest BCUT2D eigenvalue weighted by atomic mass is 35.5. The van der Waals surface area contributed by atoms with E-state index in [9.17, 15) is 14.4 Å². The fourth-order valence-electron chi connectivity index (χ4n) is 2.56. The number of carbonyl (C=O) groups is 2. The molecule has 30 heavy (non-hydrogen) atoms. The molecule has 10 heteroatoms. The topological polar surface area (TPSA) is 97.4 Å². The standard InChI is InChI=1S/C20H16Cl2N4O4/c1-2-30-20(29)18-19(28)26(23-11-13-3-7-15(21)8-4-13)24-25(18)12-17(27)14-5-9-16(22)10-6-14/h3-11H,2,12H2,1H3/p+1/b23-11-. The lowest BCUT2D eigenvalue weighted by molar-refractivity contribution is -0.744. The number of benzene rings is 2. The quantitative estimate of drug-likeness (QED) is 0.260. The summed E-state index contributed by atoms with van der Waals surface area (Å²) in [5.41, 5.74) is -0.0302. The van der Waals surface area contributed by atoms with Gasteiger partial charge >= 0.3 is 17.2 Å². The zero-order valence-electron chi connectivity index (χ0n) is 15.8. The Kier molecular flexibility index (Phi) is 6.81. The van der Waals surface area contributed by atoms with Crippen LogP contribution in [0.15, 0.2) is 58.4 Å². The van der Waals surface area contributed by atoms with Gasteiger partial charge in [-0.1, -0.05) is 45.6 Å². The van der Waals surface area contributed by atoms with Crippen LogP contribution >= 0.6 is 23.2 Å². The maximum atomic E-state index is 12.7. The van der Waals surface area contributed by atoms with Crippen molar-refractivity contribution in [3.63, 3.8) is 0 Å². The van der Waals surface area contributed by atoms with E-state index < -0.39 is 11.5 Å². The van der Waals surface area contributed by atoms with Crippen LogP contribution in [-0.2, 0) is 11.3 Å². The number of esters is 1. The number of aromatic nitrogens is 3. The van der Waals surface area contributed by atoms with Crippen LogP contribution in [-0.4, -0.2) is 34.6 Å². The molecule has 3 aromatic rings. The van der Waals surface area contributed by atoms with Crippen LogP contribution in [0, 0.1) is 0 Å². The highest BCUT2D eigenvalue weighted by molar-refractivity contribution is 6.30. The van der Waals surface area contributed by atoms with E-state index in [-0.39, 0.29) is 24.6 Å². The molecule has 0 fully saturated rings. The predicted molar refractivity (Wildman–Crippen MR) is 111 cm³/mol. The van der Waals surface area contributed by atoms with Gasteiger partial charge in [0.1, 0.15) is 0 Å². The van der Waals surface area contributed by atoms with Gasteiger partial charge in [0.2, 0.25) is 5.78 Å². The van der Waals surface area contributed by atoms with Crippen molar-refractivity contribution in [3.05, 3.63) is 85.8 Å². The van der Waals surface area contributed by atoms with Gasteiger partial charge in [-0.15, -0.1) is 4.68 Å². The molecule has 0 spiro atoms. The van der Waals surface area contributed by atoms with Gasteiger partial charge in [0.25, 0.3) is 0 Å². The molecule has 1 N–H and O–H groups in total. The second-order valence-electron chi connectivity index (χ2n) is 6.10. The maximum Gasteiger partial charge on any atom is 0.434 e. The Morgan fingerprint density at radius 1 is 1.10 bits per heavy atom. The lowest BCUT2D eigenvalue weighted by atomic mass is 10.1. The van der Waals surface area contributed by atoms with Crippen molar-refractivity contribution >= 4 is 41.2 Å². The first-order chi connectivity index (χ1) is 14.4. The average molecular weight is 448 g/mol. The molecule has 0 radical (unpaired) electrons. The van der Waals surface area contributed by atoms with E-state index in [1.165, 1.54) is 6.21 Å². The summed E-state index contributed by atoms with van der Waals surface area (Å²) >= 11 is 11.7. The van der Waals surface area contributed by atoms with Crippen molar-refractivity contribution in [3.8, 4) is 0 Å². The summed E-state index contributed by atoms with van der Waals surface area (Å²) in [5.74, 6) is -1.19. The Morgan fingerprint density at radius 2 is 1.70 bits per heavy atom. The number of nitrogens with one attached hydrogen (secondary N) is 1. The van der Waals surface area contributed by atoms with Crippen molar-refractivity contribution in [2.24, 2.45) is 5.10 Å². The summed E-state index contributed by atoms with van der Waals surface area (Å²) in [7, 11) is 0. The molecule has 0 saturated heterocycles. The van der Waals surface area contributed by atoms with E-state index in [1.54, 1.807) is 55.5 Å². The average Bonchev–Trinajstić information content (AvgIpc) is 3.03. The van der Waals surface area contributed by atoms with Crippen LogP contribution in [0.3, 0.4) is 0 Å². The number of hydrogen-bond acceptors (Lipinski definition) is 5. The van der Waals surface area contributed by atoms with E-state index in [0.29, 0.717) is 21.2 Å². The van der Waals surface area contributed by atoms with Gasteiger partial charge < -0.3 is 4.74 Å². The number of aromatic amines is 1. The van der Waals surface area contributed by atoms with Crippen LogP contribution in [0.25, 0.3) is 0 Å². The highest BCUT2D eigenvalue weighted by Gasteiger charge is 2.31. The van der Waals surface area contributed by atoms with Crippen molar-refractivity contribution in [1.82, 2.24) is 10.0 Å². The largest absolute Gasteiger partial charge is 0.459 e. The molecule has 0 amide bonds. The molecule has 154 valence electrons. The van der Waals surface area contributed by atoms with E-state index in [2.05, 4.69) is 10.3 Å². The smallest absolute Gasteiger partial charge is 0.434 e. The second kappa shape index (κ2) is 9.51. The Hall–Kier alpha value is -3.23. The Balaban J connectivity index is 1.94. The third kappa shape index (κ3) is 5.03. The molecule has 0 aliphatic heterocycles. The molecule has 0 saturated carbocycles. The molecule has 1 heterocycles. The number of hydrogen-bond donors (Lipinski definition) is 1. The van der Waals surface area contributed by atoms with Crippen molar-refractivity contribution in [1.29, 1.82) is 0 Å². The molecule has 2 aromatic carbocycles. The summed E-state index contributed by atoms with van der Waals surface area (Å²) in [6, 6.07) is 13.1. The molecular formula is C20H17Cl2N4O4+. The number of halogens is 2. The van der Waals surface area contributed by atoms with Crippen LogP contribution in [0.2, 0.25) is 10.0 Å². The zero-order chi connectivity index (χ0) is 21.7. The van der Waals surface area contributed by atoms with Gasteiger partial charge in [0, 0.05) is 20.4 Å². The number of carbonyl (C=O) groups excluding carboxylic acids is 2. The second-order valence-corrected chi connectivity index (χ2v) is 6.97. The number of ether oxygens (including phenoxy) is 1. The minimum atomic E-state index is -0.858. The third-order valence-corrected chi connectivity index (χ3v) is 4.51. The van der Waals surface area contributed by atoms with Gasteiger partial charge in [-0.3, -0.25) is 4.79 Å². The molecule has 0 aliphatic carbocycles. The van der Waals surface area contributed by atoms with Gasteiger partial charge in [0.15, 0.2) is 6.54 Å². The fourth-order valence-corrected chi connectivity index (χ4v) is 2.81. The molecule has 3 rings (SSSR count). The highest BCUT2D eigenvalue weighted by Crippen LogP contribution is 2.10. The Morgan fingerprint density at radius 3 is 2.30 bits per heavy atom. The minimum Gasteiger partial charge on any atom is -0.459 e. The van der Waals surface area contributed by atoms with E-state index in [1.807, 2.05) is 0 Å². The molecule has 0 bridgehead atoms. The lowest BCUT2D eigenvalue weighted by Crippen LogP contribution is -2.46. The summed E-state index contributed by atoms with van der Waals surface area (Å²) in [4.78, 5) is 38.4. The molecular weight excluding hydrogens is 431 g/mol. The van der Waals surface area contributed by atoms with Crippen LogP contribution in [0.4, 0.5) is 0 Å². The predicted octanol–water partition coefficient (Wildman–Crippen LogP) is 2.71. The third-order valence-electron chi connectivity index (χ3n) is 4.01. The zero-order valence-corrected chi connectivity index (χ0v) is 17.4. The van der Waals surface area contributed by atoms with Crippen molar-refractivity contribution < 1.29 is 19.0 Å². The summed E-state index contributed by atoms with van der Waals surface area (Å²) in [5, 5.41) is 7.73. The molecule has 0 aliphatic rings. The van der Waals surface area contributed by atoms with Gasteiger partial charge in [0.05, 0.1) is 12.8 Å². The molecule has 8 nitrogen and oxygen atoms in total. The number of Topliss-reactive ketones (excluding diaryl/α,β-unsaturated/α-hetero) is 1. The van der Waals surface area contributed by atoms with Gasteiger partial charge in [-0.2, -0.15) is 0 Å². The van der Waals surface area contributed by atoms with E-state index in [0.717, 1.165) is 9.47 Å². The molecule has 0 unspecified atom stereocenters. The number of ketones is 1. The normalized spacial score (nSPS) is 11.0. The van der Waals surface area contributed by atoms with Gasteiger partial charge in [-0.25, -0.2) is 9.59 Å². The first kappa shape index (κ1) is 21.5. The Bertz CT molecular complexity index is 1150. The maximum absolute atomic E-state index is 12.7.